The van der Waals surface area contributed by atoms with Crippen molar-refractivity contribution in [3.8, 4) is 22.4 Å². The highest BCUT2D eigenvalue weighted by Gasteiger charge is 2.27. The molecule has 0 aromatic carbocycles. The Kier molecular flexibility index (Phi) is 4.72. The second kappa shape index (κ2) is 7.32. The minimum atomic E-state index is 0.481. The Balaban J connectivity index is 1.59. The molecule has 31 heavy (non-hydrogen) atoms. The molecule has 1 aliphatic rings. The molecule has 0 atom stereocenters. The Morgan fingerprint density at radius 1 is 1.06 bits per heavy atom. The molecule has 0 radical (unpaired) electrons. The van der Waals surface area contributed by atoms with Gasteiger partial charge in [0, 0.05) is 55.9 Å². The molecule has 0 spiro atoms. The van der Waals surface area contributed by atoms with E-state index in [1.165, 1.54) is 31.2 Å². The maximum Gasteiger partial charge on any atom is 0.0960 e. The minimum absolute atomic E-state index is 0.481. The number of aromatic nitrogens is 7. The van der Waals surface area contributed by atoms with E-state index in [1.54, 1.807) is 0 Å². The summed E-state index contributed by atoms with van der Waals surface area (Å²) >= 11 is 0. The first-order chi connectivity index (χ1) is 14.8. The van der Waals surface area contributed by atoms with Crippen LogP contribution < -0.4 is 0 Å². The molecule has 0 unspecified atom stereocenters. The van der Waals surface area contributed by atoms with Crippen LogP contribution in [0.15, 0.2) is 30.9 Å². The van der Waals surface area contributed by atoms with E-state index in [-0.39, 0.29) is 0 Å². The Morgan fingerprint density at radius 3 is 2.48 bits per heavy atom. The summed E-state index contributed by atoms with van der Waals surface area (Å²) in [5, 5.41) is 12.8. The van der Waals surface area contributed by atoms with Gasteiger partial charge in [0.25, 0.3) is 0 Å². The molecular weight excluding hydrogens is 386 g/mol. The molecule has 0 amide bonds. The second-order valence-electron chi connectivity index (χ2n) is 9.94. The van der Waals surface area contributed by atoms with Crippen molar-refractivity contribution in [2.45, 2.75) is 53.0 Å². The lowest BCUT2D eigenvalue weighted by atomic mass is 9.73. The first-order valence-corrected chi connectivity index (χ1v) is 11.2. The fourth-order valence-electron chi connectivity index (χ4n) is 4.99. The van der Waals surface area contributed by atoms with E-state index in [2.05, 4.69) is 52.3 Å². The summed E-state index contributed by atoms with van der Waals surface area (Å²) in [7, 11) is 3.89. The highest BCUT2D eigenvalue weighted by atomic mass is 15.4. The lowest BCUT2D eigenvalue weighted by Crippen LogP contribution is -2.23. The van der Waals surface area contributed by atoms with E-state index in [4.69, 9.17) is 4.98 Å². The summed E-state index contributed by atoms with van der Waals surface area (Å²) in [5.41, 5.74) is 7.92. The topological polar surface area (TPSA) is 66.3 Å². The predicted molar refractivity (Wildman–Crippen MR) is 122 cm³/mol. The van der Waals surface area contributed by atoms with Crippen LogP contribution in [0, 0.1) is 18.3 Å². The van der Waals surface area contributed by atoms with Gasteiger partial charge in [0.1, 0.15) is 0 Å². The zero-order valence-corrected chi connectivity index (χ0v) is 19.1. The maximum absolute atomic E-state index is 4.92. The van der Waals surface area contributed by atoms with Crippen molar-refractivity contribution in [1.29, 1.82) is 0 Å². The SMILES string of the molecule is Cc1nnn(C)c1-c1cnc2c(-c3cnn(C)c3)cn(CC3CCC(C)(C)CC3)c2c1. The Bertz CT molecular complexity index is 1210. The van der Waals surface area contributed by atoms with E-state index in [0.29, 0.717) is 11.3 Å². The lowest BCUT2D eigenvalue weighted by Gasteiger charge is -2.34. The van der Waals surface area contributed by atoms with Gasteiger partial charge in [0.15, 0.2) is 0 Å². The van der Waals surface area contributed by atoms with Gasteiger partial charge < -0.3 is 4.57 Å². The number of aryl methyl sites for hydroxylation is 3. The number of rotatable bonds is 4. The predicted octanol–water partition coefficient (Wildman–Crippen LogP) is 4.76. The van der Waals surface area contributed by atoms with Crippen LogP contribution in [0.5, 0.6) is 0 Å². The lowest BCUT2D eigenvalue weighted by molar-refractivity contribution is 0.180. The van der Waals surface area contributed by atoms with Crippen molar-refractivity contribution in [2.24, 2.45) is 25.4 Å². The average Bonchev–Trinajstić information content (AvgIpc) is 3.41. The Morgan fingerprint density at radius 2 is 1.84 bits per heavy atom. The van der Waals surface area contributed by atoms with Crippen LogP contribution in [0.3, 0.4) is 0 Å². The molecule has 0 saturated heterocycles. The molecule has 4 heterocycles. The molecular formula is C24H31N7. The summed E-state index contributed by atoms with van der Waals surface area (Å²) in [5.74, 6) is 0.703. The van der Waals surface area contributed by atoms with Crippen molar-refractivity contribution in [3.63, 3.8) is 0 Å². The van der Waals surface area contributed by atoms with Gasteiger partial charge >= 0.3 is 0 Å². The molecule has 4 aromatic heterocycles. The van der Waals surface area contributed by atoms with Crippen LogP contribution in [0.25, 0.3) is 33.4 Å². The fourth-order valence-corrected chi connectivity index (χ4v) is 4.99. The van der Waals surface area contributed by atoms with Gasteiger partial charge in [-0.1, -0.05) is 19.1 Å². The van der Waals surface area contributed by atoms with Gasteiger partial charge in [-0.05, 0) is 50.0 Å². The van der Waals surface area contributed by atoms with Crippen LogP contribution in [0.4, 0.5) is 0 Å². The van der Waals surface area contributed by atoms with E-state index < -0.39 is 0 Å². The van der Waals surface area contributed by atoms with Gasteiger partial charge in [-0.2, -0.15) is 5.10 Å². The zero-order valence-electron chi connectivity index (χ0n) is 19.1. The highest BCUT2D eigenvalue weighted by Crippen LogP contribution is 2.40. The third-order valence-corrected chi connectivity index (χ3v) is 6.92. The Labute approximate surface area is 183 Å². The van der Waals surface area contributed by atoms with Crippen LogP contribution in [-0.2, 0) is 20.6 Å². The van der Waals surface area contributed by atoms with Gasteiger partial charge in [-0.25, -0.2) is 4.68 Å². The van der Waals surface area contributed by atoms with E-state index in [0.717, 1.165) is 40.1 Å². The van der Waals surface area contributed by atoms with Crippen LogP contribution in [0.2, 0.25) is 0 Å². The van der Waals surface area contributed by atoms with Crippen molar-refractivity contribution in [2.75, 3.05) is 0 Å². The number of nitrogens with zero attached hydrogens (tertiary/aromatic N) is 7. The highest BCUT2D eigenvalue weighted by molar-refractivity contribution is 5.94. The largest absolute Gasteiger partial charge is 0.345 e. The normalized spacial score (nSPS) is 16.9. The number of hydrogen-bond donors (Lipinski definition) is 0. The standard InChI is InChI=1S/C24H31N7/c1-16-23(30(5)28-27-16)18-10-21-22(25-11-18)20(19-12-26-29(4)14-19)15-31(21)13-17-6-8-24(2,3)9-7-17/h10-12,14-15,17H,6-9,13H2,1-5H3. The van der Waals surface area contributed by atoms with Crippen molar-refractivity contribution < 1.29 is 0 Å². The maximum atomic E-state index is 4.92. The molecule has 162 valence electrons. The average molecular weight is 418 g/mol. The molecule has 7 nitrogen and oxygen atoms in total. The molecule has 7 heteroatoms. The number of pyridine rings is 1. The third kappa shape index (κ3) is 3.66. The molecule has 1 saturated carbocycles. The quantitative estimate of drug-likeness (QED) is 0.480. The zero-order chi connectivity index (χ0) is 21.8. The summed E-state index contributed by atoms with van der Waals surface area (Å²) in [6.45, 7) is 7.82. The molecule has 5 rings (SSSR count). The molecule has 0 N–H and O–H groups in total. The van der Waals surface area contributed by atoms with E-state index >= 15 is 0 Å². The van der Waals surface area contributed by atoms with Crippen LogP contribution in [0.1, 0.15) is 45.2 Å². The van der Waals surface area contributed by atoms with Gasteiger partial charge in [-0.15, -0.1) is 5.10 Å². The second-order valence-corrected chi connectivity index (χ2v) is 9.94. The van der Waals surface area contributed by atoms with Crippen molar-refractivity contribution in [3.05, 3.63) is 36.5 Å². The van der Waals surface area contributed by atoms with Gasteiger partial charge in [0.05, 0.1) is 28.6 Å². The number of fused-ring (bicyclic) bond motifs is 1. The molecule has 4 aromatic rings. The molecule has 1 aliphatic carbocycles. The smallest absolute Gasteiger partial charge is 0.0960 e. The summed E-state index contributed by atoms with van der Waals surface area (Å²) in [4.78, 5) is 4.92. The first-order valence-electron chi connectivity index (χ1n) is 11.2. The van der Waals surface area contributed by atoms with Gasteiger partial charge in [0.2, 0.25) is 0 Å². The van der Waals surface area contributed by atoms with Crippen LogP contribution >= 0.6 is 0 Å². The summed E-state index contributed by atoms with van der Waals surface area (Å²) < 4.78 is 6.09. The fraction of sp³-hybridized carbons (Fsp3) is 0.500. The van der Waals surface area contributed by atoms with E-state index in [9.17, 15) is 0 Å². The van der Waals surface area contributed by atoms with Crippen molar-refractivity contribution in [1.82, 2.24) is 34.3 Å². The number of hydrogen-bond acceptors (Lipinski definition) is 4. The van der Waals surface area contributed by atoms with Gasteiger partial charge in [-0.3, -0.25) is 9.67 Å². The monoisotopic (exact) mass is 417 g/mol. The molecule has 1 fully saturated rings. The molecule has 0 bridgehead atoms. The van der Waals surface area contributed by atoms with Crippen molar-refractivity contribution >= 4 is 11.0 Å². The third-order valence-electron chi connectivity index (χ3n) is 6.92. The minimum Gasteiger partial charge on any atom is -0.345 e. The first kappa shape index (κ1) is 20.0. The molecule has 0 aliphatic heterocycles. The summed E-state index contributed by atoms with van der Waals surface area (Å²) in [6, 6.07) is 2.25. The summed E-state index contributed by atoms with van der Waals surface area (Å²) in [6.07, 6.45) is 13.4. The van der Waals surface area contributed by atoms with E-state index in [1.807, 2.05) is 42.8 Å². The Hall–Kier alpha value is -2.96. The van der Waals surface area contributed by atoms with Crippen LogP contribution in [-0.4, -0.2) is 34.3 Å².